The highest BCUT2D eigenvalue weighted by atomic mass is 79.9. The lowest BCUT2D eigenvalue weighted by Crippen LogP contribution is -2.33. The van der Waals surface area contributed by atoms with Crippen molar-refractivity contribution in [2.24, 2.45) is 5.92 Å². The van der Waals surface area contributed by atoms with Crippen LogP contribution in [0.1, 0.15) is 6.92 Å². The zero-order chi connectivity index (χ0) is 10.1. The number of rotatable bonds is 1. The number of hydrogen-bond acceptors (Lipinski definition) is 2. The predicted octanol–water partition coefficient (Wildman–Crippen LogP) is 1.94. The first kappa shape index (κ1) is 9.52. The summed E-state index contributed by atoms with van der Waals surface area (Å²) in [5.74, 6) is 0.142. The standard InChI is InChI=1S/C10H11BrN2O/c1-7-6-13(12-10(7)14)9-5-3-2-4-8(9)11/h2-5,7H,6H2,1H3,(H,12,14)/t7-/m1/s1. The van der Waals surface area contributed by atoms with Crippen LogP contribution in [0.15, 0.2) is 28.7 Å². The van der Waals surface area contributed by atoms with E-state index in [0.29, 0.717) is 0 Å². The van der Waals surface area contributed by atoms with E-state index in [-0.39, 0.29) is 11.8 Å². The number of nitrogens with zero attached hydrogens (tertiary/aromatic N) is 1. The van der Waals surface area contributed by atoms with Crippen molar-refractivity contribution in [2.75, 3.05) is 11.6 Å². The number of carbonyl (C=O) groups excluding carboxylic acids is 1. The highest BCUT2D eigenvalue weighted by Crippen LogP contribution is 2.27. The van der Waals surface area contributed by atoms with E-state index in [1.54, 1.807) is 0 Å². The average Bonchev–Trinajstić information content (AvgIpc) is 2.48. The van der Waals surface area contributed by atoms with E-state index in [9.17, 15) is 4.79 Å². The summed E-state index contributed by atoms with van der Waals surface area (Å²) in [6.45, 7) is 2.65. The molecule has 2 rings (SSSR count). The van der Waals surface area contributed by atoms with Gasteiger partial charge in [-0.15, -0.1) is 0 Å². The number of amides is 1. The van der Waals surface area contributed by atoms with Gasteiger partial charge in [-0.05, 0) is 28.1 Å². The van der Waals surface area contributed by atoms with Crippen LogP contribution >= 0.6 is 15.9 Å². The SMILES string of the molecule is C[C@@H]1CN(c2ccccc2Br)NC1=O. The Morgan fingerprint density at radius 3 is 2.79 bits per heavy atom. The molecule has 1 aromatic carbocycles. The van der Waals surface area contributed by atoms with Crippen LogP contribution in [0.25, 0.3) is 0 Å². The Bertz CT molecular complexity index is 367. The minimum absolute atomic E-state index is 0.0575. The highest BCUT2D eigenvalue weighted by Gasteiger charge is 2.27. The van der Waals surface area contributed by atoms with Gasteiger partial charge in [0.05, 0.1) is 18.2 Å². The zero-order valence-electron chi connectivity index (χ0n) is 7.83. The molecule has 1 fully saturated rings. The number of anilines is 1. The van der Waals surface area contributed by atoms with Gasteiger partial charge in [0.25, 0.3) is 0 Å². The molecule has 1 aromatic rings. The summed E-state index contributed by atoms with van der Waals surface area (Å²) >= 11 is 3.45. The maximum Gasteiger partial charge on any atom is 0.243 e. The largest absolute Gasteiger partial charge is 0.284 e. The third-order valence-corrected chi connectivity index (χ3v) is 2.96. The Kier molecular flexibility index (Phi) is 2.46. The van der Waals surface area contributed by atoms with Crippen LogP contribution in [-0.4, -0.2) is 12.5 Å². The minimum atomic E-state index is 0.0575. The monoisotopic (exact) mass is 254 g/mol. The fourth-order valence-electron chi connectivity index (χ4n) is 1.47. The van der Waals surface area contributed by atoms with E-state index in [1.807, 2.05) is 36.2 Å². The lowest BCUT2D eigenvalue weighted by molar-refractivity contribution is -0.121. The third-order valence-electron chi connectivity index (χ3n) is 2.29. The van der Waals surface area contributed by atoms with Crippen molar-refractivity contribution < 1.29 is 4.79 Å². The molecule has 0 bridgehead atoms. The van der Waals surface area contributed by atoms with Gasteiger partial charge in [0.1, 0.15) is 0 Å². The van der Waals surface area contributed by atoms with Crippen LogP contribution in [-0.2, 0) is 4.79 Å². The third kappa shape index (κ3) is 1.62. The second-order valence-electron chi connectivity index (χ2n) is 3.44. The Morgan fingerprint density at radius 1 is 1.50 bits per heavy atom. The molecule has 1 aliphatic rings. The van der Waals surface area contributed by atoms with Crippen molar-refractivity contribution in [1.82, 2.24) is 5.43 Å². The lowest BCUT2D eigenvalue weighted by Gasteiger charge is -2.18. The summed E-state index contributed by atoms with van der Waals surface area (Å²) in [6.07, 6.45) is 0. The molecule has 0 saturated carbocycles. The van der Waals surface area contributed by atoms with Gasteiger partial charge in [-0.3, -0.25) is 15.2 Å². The minimum Gasteiger partial charge on any atom is -0.284 e. The van der Waals surface area contributed by atoms with E-state index >= 15 is 0 Å². The summed E-state index contributed by atoms with van der Waals surface area (Å²) in [5, 5.41) is 1.87. The number of para-hydroxylation sites is 1. The molecule has 1 saturated heterocycles. The van der Waals surface area contributed by atoms with E-state index < -0.39 is 0 Å². The molecule has 74 valence electrons. The van der Waals surface area contributed by atoms with Gasteiger partial charge in [0.15, 0.2) is 0 Å². The molecule has 0 unspecified atom stereocenters. The number of hydrazine groups is 1. The fraction of sp³-hybridized carbons (Fsp3) is 0.300. The molecular weight excluding hydrogens is 244 g/mol. The molecule has 1 N–H and O–H groups in total. The van der Waals surface area contributed by atoms with Crippen molar-refractivity contribution in [2.45, 2.75) is 6.92 Å². The normalized spacial score (nSPS) is 21.1. The number of hydrogen-bond donors (Lipinski definition) is 1. The van der Waals surface area contributed by atoms with Gasteiger partial charge in [-0.25, -0.2) is 0 Å². The Morgan fingerprint density at radius 2 is 2.21 bits per heavy atom. The van der Waals surface area contributed by atoms with Crippen molar-refractivity contribution in [3.8, 4) is 0 Å². The number of halogens is 1. The Balaban J connectivity index is 2.25. The summed E-state index contributed by atoms with van der Waals surface area (Å²) < 4.78 is 0.995. The van der Waals surface area contributed by atoms with E-state index in [1.165, 1.54) is 0 Å². The van der Waals surface area contributed by atoms with Crippen molar-refractivity contribution in [3.63, 3.8) is 0 Å². The Hall–Kier alpha value is -1.03. The van der Waals surface area contributed by atoms with Crippen molar-refractivity contribution in [1.29, 1.82) is 0 Å². The van der Waals surface area contributed by atoms with Crippen LogP contribution < -0.4 is 10.4 Å². The van der Waals surface area contributed by atoms with Gasteiger partial charge in [-0.2, -0.15) is 0 Å². The molecule has 0 aliphatic carbocycles. The molecule has 0 radical (unpaired) electrons. The first-order valence-corrected chi connectivity index (χ1v) is 5.30. The smallest absolute Gasteiger partial charge is 0.243 e. The van der Waals surface area contributed by atoms with Crippen LogP contribution in [0.5, 0.6) is 0 Å². The molecule has 0 aromatic heterocycles. The molecule has 1 amide bonds. The molecular formula is C10H11BrN2O. The maximum absolute atomic E-state index is 11.3. The van der Waals surface area contributed by atoms with E-state index in [0.717, 1.165) is 16.7 Å². The first-order chi connectivity index (χ1) is 6.68. The zero-order valence-corrected chi connectivity index (χ0v) is 9.41. The quantitative estimate of drug-likeness (QED) is 0.831. The highest BCUT2D eigenvalue weighted by molar-refractivity contribution is 9.10. The first-order valence-electron chi connectivity index (χ1n) is 4.51. The van der Waals surface area contributed by atoms with Crippen molar-refractivity contribution >= 4 is 27.5 Å². The lowest BCUT2D eigenvalue weighted by atomic mass is 10.2. The topological polar surface area (TPSA) is 32.3 Å². The summed E-state index contributed by atoms with van der Waals surface area (Å²) in [7, 11) is 0. The molecule has 14 heavy (non-hydrogen) atoms. The van der Waals surface area contributed by atoms with Gasteiger partial charge in [-0.1, -0.05) is 19.1 Å². The maximum atomic E-state index is 11.3. The van der Waals surface area contributed by atoms with Crippen LogP contribution in [0.3, 0.4) is 0 Å². The summed E-state index contributed by atoms with van der Waals surface area (Å²) in [5.41, 5.74) is 3.83. The van der Waals surface area contributed by atoms with Crippen LogP contribution in [0.2, 0.25) is 0 Å². The molecule has 1 atom stereocenters. The predicted molar refractivity (Wildman–Crippen MR) is 58.8 cm³/mol. The summed E-state index contributed by atoms with van der Waals surface area (Å²) in [6, 6.07) is 7.84. The fourth-order valence-corrected chi connectivity index (χ4v) is 1.97. The summed E-state index contributed by atoms with van der Waals surface area (Å²) in [4.78, 5) is 11.3. The van der Waals surface area contributed by atoms with Gasteiger partial charge in [0, 0.05) is 4.47 Å². The van der Waals surface area contributed by atoms with Crippen LogP contribution in [0.4, 0.5) is 5.69 Å². The van der Waals surface area contributed by atoms with Gasteiger partial charge in [0.2, 0.25) is 5.91 Å². The molecule has 1 heterocycles. The second-order valence-corrected chi connectivity index (χ2v) is 4.29. The van der Waals surface area contributed by atoms with Crippen LogP contribution in [0, 0.1) is 5.92 Å². The van der Waals surface area contributed by atoms with E-state index in [2.05, 4.69) is 21.4 Å². The molecule has 0 spiro atoms. The second kappa shape index (κ2) is 3.61. The van der Waals surface area contributed by atoms with Gasteiger partial charge < -0.3 is 0 Å². The molecule has 4 heteroatoms. The molecule has 1 aliphatic heterocycles. The number of nitrogens with one attached hydrogen (secondary N) is 1. The van der Waals surface area contributed by atoms with Gasteiger partial charge >= 0.3 is 0 Å². The Labute approximate surface area is 91.2 Å². The average molecular weight is 255 g/mol. The molecule has 3 nitrogen and oxygen atoms in total. The van der Waals surface area contributed by atoms with E-state index in [4.69, 9.17) is 0 Å². The number of benzene rings is 1. The van der Waals surface area contributed by atoms with Crippen molar-refractivity contribution in [3.05, 3.63) is 28.7 Å². The number of carbonyl (C=O) groups is 1.